The first kappa shape index (κ1) is 17.4. The third-order valence-corrected chi connectivity index (χ3v) is 4.30. The molecule has 1 fully saturated rings. The Bertz CT molecular complexity index is 679. The number of carbonyl (C=O) groups is 1. The Morgan fingerprint density at radius 1 is 1.30 bits per heavy atom. The number of nitrogens with zero attached hydrogens (tertiary/aromatic N) is 1. The molecule has 0 unspecified atom stereocenters. The second-order valence-corrected chi connectivity index (χ2v) is 7.54. The van der Waals surface area contributed by atoms with Crippen LogP contribution in [0.1, 0.15) is 24.0 Å². The maximum Gasteiger partial charge on any atom is 0.239 e. The van der Waals surface area contributed by atoms with E-state index in [9.17, 15) is 13.2 Å². The molecule has 1 aromatic rings. The lowest BCUT2D eigenvalue weighted by molar-refractivity contribution is -0.131. The Hall–Kier alpha value is -1.93. The first-order valence-electron chi connectivity index (χ1n) is 7.46. The zero-order valence-electron chi connectivity index (χ0n) is 13.1. The molecule has 1 aliphatic heterocycles. The van der Waals surface area contributed by atoms with Crippen molar-refractivity contribution in [1.82, 2.24) is 9.62 Å². The molecule has 0 aromatic heterocycles. The van der Waals surface area contributed by atoms with Crippen molar-refractivity contribution in [3.63, 3.8) is 0 Å². The second-order valence-electron chi connectivity index (χ2n) is 5.79. The van der Waals surface area contributed by atoms with Crippen LogP contribution < -0.4 is 10.5 Å². The summed E-state index contributed by atoms with van der Waals surface area (Å²) in [4.78, 5) is 14.0. The molecule has 4 N–H and O–H groups in total. The molecule has 1 aliphatic rings. The number of likely N-dealkylation sites (tertiary alicyclic amines) is 1. The molecule has 0 bridgehead atoms. The third-order valence-electron chi connectivity index (χ3n) is 3.72. The highest BCUT2D eigenvalue weighted by Crippen LogP contribution is 2.12. The molecule has 1 heterocycles. The molecule has 1 saturated heterocycles. The Labute approximate surface area is 136 Å². The fraction of sp³-hybridized carbons (Fsp3) is 0.467. The van der Waals surface area contributed by atoms with Gasteiger partial charge in [0.15, 0.2) is 0 Å². The Morgan fingerprint density at radius 2 is 1.87 bits per heavy atom. The summed E-state index contributed by atoms with van der Waals surface area (Å²) in [6, 6.07) is 6.22. The van der Waals surface area contributed by atoms with Crippen LogP contribution in [0, 0.1) is 5.41 Å². The van der Waals surface area contributed by atoms with Gasteiger partial charge in [0.25, 0.3) is 0 Å². The molecule has 1 atom stereocenters. The maximum atomic E-state index is 12.2. The van der Waals surface area contributed by atoms with E-state index in [1.54, 1.807) is 29.2 Å². The highest BCUT2D eigenvalue weighted by atomic mass is 32.2. The Morgan fingerprint density at radius 3 is 2.39 bits per heavy atom. The lowest BCUT2D eigenvalue weighted by Gasteiger charge is -2.20. The topological polar surface area (TPSA) is 116 Å². The van der Waals surface area contributed by atoms with E-state index in [4.69, 9.17) is 11.1 Å². The van der Waals surface area contributed by atoms with Crippen molar-refractivity contribution in [3.8, 4) is 0 Å². The van der Waals surface area contributed by atoms with Crippen LogP contribution in [0.15, 0.2) is 24.3 Å². The summed E-state index contributed by atoms with van der Waals surface area (Å²) in [5.41, 5.74) is 7.32. The monoisotopic (exact) mass is 338 g/mol. The van der Waals surface area contributed by atoms with Gasteiger partial charge in [-0.2, -0.15) is 0 Å². The quantitative estimate of drug-likeness (QED) is 0.519. The minimum atomic E-state index is -3.47. The van der Waals surface area contributed by atoms with Crippen LogP contribution in [-0.4, -0.2) is 50.4 Å². The highest BCUT2D eigenvalue weighted by Gasteiger charge is 2.23. The van der Waals surface area contributed by atoms with Gasteiger partial charge in [-0.25, -0.2) is 8.42 Å². The van der Waals surface area contributed by atoms with E-state index in [-0.39, 0.29) is 11.7 Å². The molecule has 0 radical (unpaired) electrons. The van der Waals surface area contributed by atoms with Crippen LogP contribution in [0.2, 0.25) is 0 Å². The van der Waals surface area contributed by atoms with Gasteiger partial charge in [-0.15, -0.1) is 0 Å². The average Bonchev–Trinajstić information content (AvgIpc) is 2.99. The van der Waals surface area contributed by atoms with E-state index < -0.39 is 16.1 Å². The molecule has 0 saturated carbocycles. The SMILES string of the molecule is CS(=O)(=O)NC(=N)c1ccc(C[C@H](N)C(=O)N2CCCC2)cc1. The normalized spacial score (nSPS) is 16.2. The van der Waals surface area contributed by atoms with Crippen molar-refractivity contribution >= 4 is 21.8 Å². The highest BCUT2D eigenvalue weighted by molar-refractivity contribution is 7.89. The predicted octanol–water partition coefficient (Wildman–Crippen LogP) is 0.0534. The predicted molar refractivity (Wildman–Crippen MR) is 88.7 cm³/mol. The summed E-state index contributed by atoms with van der Waals surface area (Å²) in [5, 5.41) is 7.70. The smallest absolute Gasteiger partial charge is 0.239 e. The molecule has 8 heteroatoms. The van der Waals surface area contributed by atoms with Gasteiger partial charge < -0.3 is 10.6 Å². The maximum absolute atomic E-state index is 12.2. The Balaban J connectivity index is 1.96. The number of nitrogens with one attached hydrogen (secondary N) is 2. The number of benzene rings is 1. The third kappa shape index (κ3) is 5.04. The summed E-state index contributed by atoms with van der Waals surface area (Å²) in [5.74, 6) is -0.213. The number of carbonyl (C=O) groups excluding carboxylic acids is 1. The van der Waals surface area contributed by atoms with Gasteiger partial charge in [-0.1, -0.05) is 24.3 Å². The van der Waals surface area contributed by atoms with Gasteiger partial charge in [-0.05, 0) is 24.8 Å². The number of amides is 1. The largest absolute Gasteiger partial charge is 0.341 e. The van der Waals surface area contributed by atoms with E-state index in [0.717, 1.165) is 37.8 Å². The van der Waals surface area contributed by atoms with Gasteiger partial charge in [0.05, 0.1) is 12.3 Å². The second kappa shape index (κ2) is 7.10. The number of nitrogens with two attached hydrogens (primary N) is 1. The van der Waals surface area contributed by atoms with Gasteiger partial charge in [-0.3, -0.25) is 14.9 Å². The van der Waals surface area contributed by atoms with Crippen molar-refractivity contribution in [2.24, 2.45) is 5.73 Å². The van der Waals surface area contributed by atoms with Crippen LogP contribution in [0.25, 0.3) is 0 Å². The van der Waals surface area contributed by atoms with Crippen molar-refractivity contribution < 1.29 is 13.2 Å². The number of rotatable bonds is 5. The fourth-order valence-corrected chi connectivity index (χ4v) is 3.05. The molecule has 0 aliphatic carbocycles. The van der Waals surface area contributed by atoms with E-state index in [2.05, 4.69) is 4.72 Å². The van der Waals surface area contributed by atoms with Crippen LogP contribution in [-0.2, 0) is 21.2 Å². The van der Waals surface area contributed by atoms with Crippen molar-refractivity contribution in [2.45, 2.75) is 25.3 Å². The number of sulfonamides is 1. The van der Waals surface area contributed by atoms with E-state index >= 15 is 0 Å². The zero-order valence-corrected chi connectivity index (χ0v) is 13.9. The number of hydrogen-bond donors (Lipinski definition) is 3. The van der Waals surface area contributed by atoms with Gasteiger partial charge >= 0.3 is 0 Å². The molecular weight excluding hydrogens is 316 g/mol. The van der Waals surface area contributed by atoms with Crippen molar-refractivity contribution in [2.75, 3.05) is 19.3 Å². The average molecular weight is 338 g/mol. The summed E-state index contributed by atoms with van der Waals surface area (Å²) >= 11 is 0. The molecule has 1 aromatic carbocycles. The van der Waals surface area contributed by atoms with Crippen molar-refractivity contribution in [1.29, 1.82) is 5.41 Å². The van der Waals surface area contributed by atoms with Gasteiger partial charge in [0.1, 0.15) is 5.84 Å². The first-order chi connectivity index (χ1) is 10.8. The van der Waals surface area contributed by atoms with Crippen molar-refractivity contribution in [3.05, 3.63) is 35.4 Å². The minimum Gasteiger partial charge on any atom is -0.341 e. The van der Waals surface area contributed by atoms with E-state index in [1.165, 1.54) is 0 Å². The summed E-state index contributed by atoms with van der Waals surface area (Å²) in [6.45, 7) is 1.56. The summed E-state index contributed by atoms with van der Waals surface area (Å²) < 4.78 is 24.4. The van der Waals surface area contributed by atoms with Gasteiger partial charge in [0, 0.05) is 18.7 Å². The minimum absolute atomic E-state index is 0.0296. The lowest BCUT2D eigenvalue weighted by Crippen LogP contribution is -2.43. The Kier molecular flexibility index (Phi) is 5.38. The van der Waals surface area contributed by atoms with Crippen LogP contribution in [0.4, 0.5) is 0 Å². The van der Waals surface area contributed by atoms with E-state index in [0.29, 0.717) is 12.0 Å². The first-order valence-corrected chi connectivity index (χ1v) is 9.35. The van der Waals surface area contributed by atoms with Crippen LogP contribution >= 0.6 is 0 Å². The zero-order chi connectivity index (χ0) is 17.0. The molecule has 1 amide bonds. The molecule has 23 heavy (non-hydrogen) atoms. The summed E-state index contributed by atoms with van der Waals surface area (Å²) in [7, 11) is -3.47. The molecule has 2 rings (SSSR count). The number of amidine groups is 1. The van der Waals surface area contributed by atoms with E-state index in [1.807, 2.05) is 0 Å². The lowest BCUT2D eigenvalue weighted by atomic mass is 10.0. The molecule has 0 spiro atoms. The molecule has 7 nitrogen and oxygen atoms in total. The fourth-order valence-electron chi connectivity index (χ4n) is 2.57. The molecule has 126 valence electrons. The van der Waals surface area contributed by atoms with Crippen LogP contribution in [0.3, 0.4) is 0 Å². The summed E-state index contributed by atoms with van der Waals surface area (Å²) in [6.07, 6.45) is 3.48. The standard InChI is InChI=1S/C15H22N4O3S/c1-23(21,22)18-14(17)12-6-4-11(5-7-12)10-13(16)15(20)19-8-2-3-9-19/h4-7,13H,2-3,8-10,16H2,1H3,(H2,17,18)/t13-/m0/s1. The molecular formula is C15H22N4O3S. The number of hydrogen-bond acceptors (Lipinski definition) is 5. The van der Waals surface area contributed by atoms with Gasteiger partial charge in [0.2, 0.25) is 15.9 Å². The van der Waals surface area contributed by atoms with Crippen LogP contribution in [0.5, 0.6) is 0 Å².